The molecule has 1 heterocycles. The van der Waals surface area contributed by atoms with E-state index >= 15 is 0 Å². The Bertz CT molecular complexity index is 838. The number of amides is 2. The van der Waals surface area contributed by atoms with Crippen molar-refractivity contribution in [1.82, 2.24) is 10.6 Å². The highest BCUT2D eigenvalue weighted by molar-refractivity contribution is 7.91. The molecule has 0 bridgehead atoms. The van der Waals surface area contributed by atoms with Crippen LogP contribution in [0.4, 0.5) is 13.2 Å². The molecule has 1 saturated heterocycles. The van der Waals surface area contributed by atoms with Crippen molar-refractivity contribution >= 4 is 21.7 Å². The van der Waals surface area contributed by atoms with Gasteiger partial charge in [-0.15, -0.1) is 0 Å². The third kappa shape index (κ3) is 7.02. The van der Waals surface area contributed by atoms with Crippen molar-refractivity contribution in [2.24, 2.45) is 5.92 Å². The van der Waals surface area contributed by atoms with Crippen molar-refractivity contribution in [2.75, 3.05) is 18.1 Å². The first-order valence-electron chi connectivity index (χ1n) is 9.32. The maximum Gasteiger partial charge on any atom is 0.416 e. The summed E-state index contributed by atoms with van der Waals surface area (Å²) in [5.41, 5.74) is -0.161. The van der Waals surface area contributed by atoms with Gasteiger partial charge in [0, 0.05) is 13.0 Å². The van der Waals surface area contributed by atoms with E-state index in [0.29, 0.717) is 12.0 Å². The fourth-order valence-electron chi connectivity index (χ4n) is 3.19. The van der Waals surface area contributed by atoms with Crippen molar-refractivity contribution in [3.05, 3.63) is 35.4 Å². The van der Waals surface area contributed by atoms with E-state index in [1.54, 1.807) is 6.92 Å². The lowest BCUT2D eigenvalue weighted by Crippen LogP contribution is -2.46. The highest BCUT2D eigenvalue weighted by Gasteiger charge is 2.30. The summed E-state index contributed by atoms with van der Waals surface area (Å²) >= 11 is 0. The molecule has 0 aromatic heterocycles. The van der Waals surface area contributed by atoms with Crippen LogP contribution in [-0.2, 0) is 25.6 Å². The van der Waals surface area contributed by atoms with Gasteiger partial charge in [0.15, 0.2) is 9.84 Å². The second-order valence-corrected chi connectivity index (χ2v) is 9.76. The van der Waals surface area contributed by atoms with E-state index in [4.69, 9.17) is 0 Å². The molecule has 1 aromatic rings. The molecular weight excluding hydrogens is 409 g/mol. The number of hydrogen-bond donors (Lipinski definition) is 2. The minimum absolute atomic E-state index is 0.0177. The van der Waals surface area contributed by atoms with Crippen molar-refractivity contribution in [2.45, 2.75) is 44.8 Å². The van der Waals surface area contributed by atoms with Crippen LogP contribution in [0.2, 0.25) is 0 Å². The summed E-state index contributed by atoms with van der Waals surface area (Å²) in [7, 11) is -3.02. The van der Waals surface area contributed by atoms with Crippen LogP contribution in [0.1, 0.15) is 43.7 Å². The molecule has 1 aliphatic heterocycles. The number of hydrogen-bond acceptors (Lipinski definition) is 4. The van der Waals surface area contributed by atoms with Crippen LogP contribution in [-0.4, -0.2) is 44.3 Å². The molecule has 2 N–H and O–H groups in total. The predicted octanol–water partition coefficient (Wildman–Crippen LogP) is 2.25. The van der Waals surface area contributed by atoms with Gasteiger partial charge in [0.05, 0.1) is 17.1 Å². The number of rotatable bonds is 7. The lowest BCUT2D eigenvalue weighted by Gasteiger charge is -2.18. The molecule has 1 fully saturated rings. The summed E-state index contributed by atoms with van der Waals surface area (Å²) in [6.45, 7) is 3.47. The first-order valence-corrected chi connectivity index (χ1v) is 11.1. The maximum atomic E-state index is 12.6. The average Bonchev–Trinajstić information content (AvgIpc) is 2.97. The second kappa shape index (κ2) is 9.15. The molecule has 6 nitrogen and oxygen atoms in total. The normalized spacial score (nSPS) is 20.7. The Labute approximate surface area is 168 Å². The SMILES string of the molecule is CC(NC(=O)CC(C)c1ccc(C(F)(F)F)cc1)C(=O)NCC1CCS(=O)(=O)C1. The number of halogens is 3. The number of nitrogens with one attached hydrogen (secondary N) is 2. The topological polar surface area (TPSA) is 92.3 Å². The molecule has 2 rings (SSSR count). The monoisotopic (exact) mass is 434 g/mol. The van der Waals surface area contributed by atoms with Crippen LogP contribution in [0.15, 0.2) is 24.3 Å². The molecule has 10 heteroatoms. The molecule has 3 atom stereocenters. The molecular formula is C19H25F3N2O4S. The summed E-state index contributed by atoms with van der Waals surface area (Å²) in [4.78, 5) is 24.3. The lowest BCUT2D eigenvalue weighted by molar-refractivity contribution is -0.137. The summed E-state index contributed by atoms with van der Waals surface area (Å²) in [5.74, 6) is -1.07. The molecule has 0 aliphatic carbocycles. The predicted molar refractivity (Wildman–Crippen MR) is 102 cm³/mol. The smallest absolute Gasteiger partial charge is 0.354 e. The van der Waals surface area contributed by atoms with E-state index in [9.17, 15) is 31.2 Å². The zero-order chi connectivity index (χ0) is 21.8. The number of sulfone groups is 1. The van der Waals surface area contributed by atoms with E-state index < -0.39 is 39.4 Å². The summed E-state index contributed by atoms with van der Waals surface area (Å²) in [6, 6.07) is 3.82. The van der Waals surface area contributed by atoms with Crippen LogP contribution in [0, 0.1) is 5.92 Å². The fourth-order valence-corrected chi connectivity index (χ4v) is 5.06. The zero-order valence-corrected chi connectivity index (χ0v) is 17.1. The Morgan fingerprint density at radius 2 is 1.79 bits per heavy atom. The highest BCUT2D eigenvalue weighted by Crippen LogP contribution is 2.30. The van der Waals surface area contributed by atoms with Crippen LogP contribution in [0.3, 0.4) is 0 Å². The second-order valence-electron chi connectivity index (χ2n) is 7.53. The van der Waals surface area contributed by atoms with Gasteiger partial charge >= 0.3 is 6.18 Å². The first-order chi connectivity index (χ1) is 13.4. The highest BCUT2D eigenvalue weighted by atomic mass is 32.2. The molecule has 2 amide bonds. The van der Waals surface area contributed by atoms with Gasteiger partial charge in [-0.25, -0.2) is 8.42 Å². The van der Waals surface area contributed by atoms with Gasteiger partial charge in [-0.3, -0.25) is 9.59 Å². The van der Waals surface area contributed by atoms with Crippen LogP contribution in [0.5, 0.6) is 0 Å². The zero-order valence-electron chi connectivity index (χ0n) is 16.3. The van der Waals surface area contributed by atoms with Gasteiger partial charge in [0.25, 0.3) is 0 Å². The van der Waals surface area contributed by atoms with E-state index in [0.717, 1.165) is 12.1 Å². The van der Waals surface area contributed by atoms with Crippen molar-refractivity contribution in [1.29, 1.82) is 0 Å². The summed E-state index contributed by atoms with van der Waals surface area (Å²) < 4.78 is 60.7. The molecule has 162 valence electrons. The summed E-state index contributed by atoms with van der Waals surface area (Å²) in [5, 5.41) is 5.21. The fraction of sp³-hybridized carbons (Fsp3) is 0.579. The Morgan fingerprint density at radius 3 is 2.31 bits per heavy atom. The minimum atomic E-state index is -4.41. The van der Waals surface area contributed by atoms with E-state index in [1.165, 1.54) is 19.1 Å². The molecule has 0 saturated carbocycles. The van der Waals surface area contributed by atoms with Crippen molar-refractivity contribution < 1.29 is 31.2 Å². The Kier molecular flexibility index (Phi) is 7.31. The molecule has 0 spiro atoms. The quantitative estimate of drug-likeness (QED) is 0.689. The first kappa shape index (κ1) is 23.2. The van der Waals surface area contributed by atoms with Gasteiger partial charge in [-0.1, -0.05) is 19.1 Å². The van der Waals surface area contributed by atoms with Gasteiger partial charge in [-0.2, -0.15) is 13.2 Å². The molecule has 1 aromatic carbocycles. The number of alkyl halides is 3. The van der Waals surface area contributed by atoms with Gasteiger partial charge < -0.3 is 10.6 Å². The number of benzene rings is 1. The minimum Gasteiger partial charge on any atom is -0.354 e. The van der Waals surface area contributed by atoms with Crippen LogP contribution < -0.4 is 10.6 Å². The maximum absolute atomic E-state index is 12.6. The van der Waals surface area contributed by atoms with Gasteiger partial charge in [0.2, 0.25) is 11.8 Å². The van der Waals surface area contributed by atoms with E-state index in [2.05, 4.69) is 10.6 Å². The largest absolute Gasteiger partial charge is 0.416 e. The van der Waals surface area contributed by atoms with Crippen LogP contribution >= 0.6 is 0 Å². The molecule has 3 unspecified atom stereocenters. The Hall–Kier alpha value is -2.10. The van der Waals surface area contributed by atoms with Gasteiger partial charge in [-0.05, 0) is 42.9 Å². The Morgan fingerprint density at radius 1 is 1.17 bits per heavy atom. The average molecular weight is 434 g/mol. The number of carbonyl (C=O) groups excluding carboxylic acids is 2. The van der Waals surface area contributed by atoms with Gasteiger partial charge in [0.1, 0.15) is 6.04 Å². The third-order valence-corrected chi connectivity index (χ3v) is 6.80. The lowest BCUT2D eigenvalue weighted by atomic mass is 9.96. The van der Waals surface area contributed by atoms with E-state index in [-0.39, 0.29) is 36.3 Å². The molecule has 1 aliphatic rings. The summed E-state index contributed by atoms with van der Waals surface area (Å²) in [6.07, 6.45) is -3.89. The van der Waals surface area contributed by atoms with Crippen molar-refractivity contribution in [3.63, 3.8) is 0 Å². The molecule has 0 radical (unpaired) electrons. The van der Waals surface area contributed by atoms with Crippen molar-refractivity contribution in [3.8, 4) is 0 Å². The number of carbonyl (C=O) groups is 2. The van der Waals surface area contributed by atoms with E-state index in [1.807, 2.05) is 0 Å². The molecule has 29 heavy (non-hydrogen) atoms. The third-order valence-electron chi connectivity index (χ3n) is 4.96. The Balaban J connectivity index is 1.79. The standard InChI is InChI=1S/C19H25F3N2O4S/c1-12(15-3-5-16(6-4-15)19(20,21)22)9-17(25)24-13(2)18(26)23-10-14-7-8-29(27,28)11-14/h3-6,12-14H,7-11H2,1-2H3,(H,23,26)(H,24,25). The van der Waals surface area contributed by atoms with Crippen LogP contribution in [0.25, 0.3) is 0 Å².